The van der Waals surface area contributed by atoms with Crippen LogP contribution in [0.3, 0.4) is 0 Å². The van der Waals surface area contributed by atoms with Crippen molar-refractivity contribution >= 4 is 25.2 Å². The highest BCUT2D eigenvalue weighted by atomic mass is 32.1. The van der Waals surface area contributed by atoms with Crippen LogP contribution in [0.1, 0.15) is 26.7 Å². The smallest absolute Gasteiger partial charge is 0.266 e. The van der Waals surface area contributed by atoms with Crippen molar-refractivity contribution in [1.82, 2.24) is 4.90 Å². The van der Waals surface area contributed by atoms with Gasteiger partial charge in [-0.25, -0.2) is 0 Å². The molecule has 1 rings (SSSR count). The SMILES string of the molecule is CC[C@@H](C(C)=O)N1C[C@H](C=C(F)F)CC1=O.S. The Morgan fingerprint density at radius 2 is 2.18 bits per heavy atom. The molecule has 17 heavy (non-hydrogen) atoms. The van der Waals surface area contributed by atoms with Crippen molar-refractivity contribution in [2.24, 2.45) is 5.92 Å². The van der Waals surface area contributed by atoms with E-state index in [1.165, 1.54) is 11.8 Å². The summed E-state index contributed by atoms with van der Waals surface area (Å²) in [5, 5.41) is 0. The van der Waals surface area contributed by atoms with Gasteiger partial charge in [0.2, 0.25) is 5.91 Å². The Bertz CT molecular complexity index is 329. The Morgan fingerprint density at radius 1 is 1.59 bits per heavy atom. The van der Waals surface area contributed by atoms with E-state index in [9.17, 15) is 18.4 Å². The molecule has 0 spiro atoms. The maximum atomic E-state index is 12.0. The molecule has 0 aromatic rings. The predicted octanol–water partition coefficient (Wildman–Crippen LogP) is 2.10. The van der Waals surface area contributed by atoms with E-state index in [-0.39, 0.29) is 38.2 Å². The van der Waals surface area contributed by atoms with Crippen molar-refractivity contribution in [3.05, 3.63) is 12.2 Å². The fraction of sp³-hybridized carbons (Fsp3) is 0.636. The predicted molar refractivity (Wildman–Crippen MR) is 65.3 cm³/mol. The van der Waals surface area contributed by atoms with Gasteiger partial charge in [-0.3, -0.25) is 9.59 Å². The summed E-state index contributed by atoms with van der Waals surface area (Å²) in [6, 6.07) is -0.464. The van der Waals surface area contributed by atoms with Gasteiger partial charge in [0, 0.05) is 18.9 Å². The fourth-order valence-electron chi connectivity index (χ4n) is 2.08. The lowest BCUT2D eigenvalue weighted by molar-refractivity contribution is -0.135. The van der Waals surface area contributed by atoms with Gasteiger partial charge < -0.3 is 4.90 Å². The number of hydrogen-bond acceptors (Lipinski definition) is 2. The van der Waals surface area contributed by atoms with E-state index in [2.05, 4.69) is 0 Å². The number of likely N-dealkylation sites (tertiary alicyclic amines) is 1. The quantitative estimate of drug-likeness (QED) is 0.780. The molecule has 0 bridgehead atoms. The molecule has 0 unspecified atom stereocenters. The van der Waals surface area contributed by atoms with Crippen molar-refractivity contribution in [2.45, 2.75) is 32.7 Å². The number of carbonyl (C=O) groups excluding carboxylic acids is 2. The number of rotatable bonds is 4. The fourth-order valence-corrected chi connectivity index (χ4v) is 2.08. The van der Waals surface area contributed by atoms with E-state index >= 15 is 0 Å². The lowest BCUT2D eigenvalue weighted by Crippen LogP contribution is -2.40. The lowest BCUT2D eigenvalue weighted by Gasteiger charge is -2.24. The molecule has 0 aromatic heterocycles. The minimum atomic E-state index is -1.77. The zero-order valence-electron chi connectivity index (χ0n) is 9.87. The molecule has 1 saturated heterocycles. The molecule has 1 aliphatic heterocycles. The van der Waals surface area contributed by atoms with Gasteiger partial charge in [0.05, 0.1) is 6.04 Å². The number of halogens is 2. The topological polar surface area (TPSA) is 37.4 Å². The Morgan fingerprint density at radius 3 is 2.59 bits per heavy atom. The van der Waals surface area contributed by atoms with E-state index in [0.29, 0.717) is 6.42 Å². The Kier molecular flexibility index (Phi) is 6.37. The highest BCUT2D eigenvalue weighted by Crippen LogP contribution is 2.24. The van der Waals surface area contributed by atoms with Gasteiger partial charge >= 0.3 is 0 Å². The van der Waals surface area contributed by atoms with Gasteiger partial charge in [-0.05, 0) is 19.4 Å². The van der Waals surface area contributed by atoms with Crippen molar-refractivity contribution in [1.29, 1.82) is 0 Å². The minimum Gasteiger partial charge on any atom is -0.332 e. The summed E-state index contributed by atoms with van der Waals surface area (Å²) in [4.78, 5) is 24.3. The molecule has 98 valence electrons. The van der Waals surface area contributed by atoms with Gasteiger partial charge in [-0.1, -0.05) is 6.92 Å². The minimum absolute atomic E-state index is 0. The Hall–Kier alpha value is -0.910. The van der Waals surface area contributed by atoms with Gasteiger partial charge in [-0.15, -0.1) is 0 Å². The number of ketones is 1. The molecule has 1 fully saturated rings. The van der Waals surface area contributed by atoms with E-state index < -0.39 is 18.0 Å². The molecular formula is C11H17F2NO2S. The average molecular weight is 265 g/mol. The van der Waals surface area contributed by atoms with Crippen LogP contribution in [0, 0.1) is 5.92 Å². The molecule has 6 heteroatoms. The van der Waals surface area contributed by atoms with Crippen LogP contribution in [0.15, 0.2) is 12.2 Å². The highest BCUT2D eigenvalue weighted by molar-refractivity contribution is 7.59. The van der Waals surface area contributed by atoms with E-state index in [0.717, 1.165) is 6.08 Å². The molecule has 1 heterocycles. The van der Waals surface area contributed by atoms with Crippen LogP contribution in [0.25, 0.3) is 0 Å². The van der Waals surface area contributed by atoms with Crippen LogP contribution >= 0.6 is 13.5 Å². The number of nitrogens with zero attached hydrogens (tertiary/aromatic N) is 1. The third-order valence-electron chi connectivity index (χ3n) is 2.78. The zero-order chi connectivity index (χ0) is 12.3. The van der Waals surface area contributed by atoms with E-state index in [1.807, 2.05) is 0 Å². The molecule has 0 radical (unpaired) electrons. The first-order chi connectivity index (χ1) is 7.45. The molecular weight excluding hydrogens is 248 g/mol. The average Bonchev–Trinajstić information content (AvgIpc) is 2.46. The summed E-state index contributed by atoms with van der Waals surface area (Å²) < 4.78 is 24.1. The highest BCUT2D eigenvalue weighted by Gasteiger charge is 2.34. The summed E-state index contributed by atoms with van der Waals surface area (Å²) in [7, 11) is 0. The standard InChI is InChI=1S/C11H15F2NO2.H2S/c1-3-9(7(2)15)14-6-8(4-10(12)13)5-11(14)16;/h4,8-9H,3,5-6H2,1-2H3;1H2/t8-,9+;/m1./s1. The second-order valence-corrected chi connectivity index (χ2v) is 4.00. The Labute approximate surface area is 106 Å². The maximum Gasteiger partial charge on any atom is 0.266 e. The number of hydrogen-bond donors (Lipinski definition) is 0. The monoisotopic (exact) mass is 265 g/mol. The first kappa shape index (κ1) is 16.1. The van der Waals surface area contributed by atoms with Crippen molar-refractivity contribution in [3.8, 4) is 0 Å². The summed E-state index contributed by atoms with van der Waals surface area (Å²) in [6.07, 6.45) is -0.378. The third kappa shape index (κ3) is 4.11. The number of amides is 1. The van der Waals surface area contributed by atoms with Crippen LogP contribution in [-0.4, -0.2) is 29.2 Å². The first-order valence-electron chi connectivity index (χ1n) is 5.28. The molecule has 0 saturated carbocycles. The molecule has 0 aromatic carbocycles. The van der Waals surface area contributed by atoms with E-state index in [1.54, 1.807) is 6.92 Å². The van der Waals surface area contributed by atoms with Gasteiger partial charge in [0.25, 0.3) is 6.08 Å². The normalized spacial score (nSPS) is 20.8. The zero-order valence-corrected chi connectivity index (χ0v) is 10.9. The third-order valence-corrected chi connectivity index (χ3v) is 2.78. The van der Waals surface area contributed by atoms with E-state index in [4.69, 9.17) is 0 Å². The van der Waals surface area contributed by atoms with Gasteiger partial charge in [-0.2, -0.15) is 22.3 Å². The number of Topliss-reactive ketones (excluding diaryl/α,β-unsaturated/α-hetero) is 1. The second-order valence-electron chi connectivity index (χ2n) is 4.00. The molecule has 0 N–H and O–H groups in total. The largest absolute Gasteiger partial charge is 0.332 e. The maximum absolute atomic E-state index is 12.0. The summed E-state index contributed by atoms with van der Waals surface area (Å²) in [5.74, 6) is -0.781. The van der Waals surface area contributed by atoms with Crippen LogP contribution in [0.2, 0.25) is 0 Å². The van der Waals surface area contributed by atoms with Crippen molar-refractivity contribution < 1.29 is 18.4 Å². The van der Waals surface area contributed by atoms with Crippen molar-refractivity contribution in [2.75, 3.05) is 6.54 Å². The molecule has 3 nitrogen and oxygen atoms in total. The summed E-state index contributed by atoms with van der Waals surface area (Å²) >= 11 is 0. The summed E-state index contributed by atoms with van der Waals surface area (Å²) in [5.41, 5.74) is 0. The molecule has 1 aliphatic rings. The Balaban J connectivity index is 0.00000256. The molecule has 2 atom stereocenters. The summed E-state index contributed by atoms with van der Waals surface area (Å²) in [6.45, 7) is 3.44. The van der Waals surface area contributed by atoms with Crippen LogP contribution < -0.4 is 0 Å². The number of carbonyl (C=O) groups is 2. The molecule has 0 aliphatic carbocycles. The van der Waals surface area contributed by atoms with Gasteiger partial charge in [0.1, 0.15) is 0 Å². The molecule has 1 amide bonds. The van der Waals surface area contributed by atoms with Gasteiger partial charge in [0.15, 0.2) is 5.78 Å². The second kappa shape index (κ2) is 6.74. The van der Waals surface area contributed by atoms with Crippen molar-refractivity contribution in [3.63, 3.8) is 0 Å². The van der Waals surface area contributed by atoms with Crippen LogP contribution in [0.4, 0.5) is 8.78 Å². The lowest BCUT2D eigenvalue weighted by atomic mass is 10.1. The van der Waals surface area contributed by atoms with Crippen LogP contribution in [-0.2, 0) is 9.59 Å². The first-order valence-corrected chi connectivity index (χ1v) is 5.28. The van der Waals surface area contributed by atoms with Crippen LogP contribution in [0.5, 0.6) is 0 Å².